The van der Waals surface area contributed by atoms with Crippen LogP contribution >= 0.6 is 0 Å². The number of rotatable bonds is 6. The van der Waals surface area contributed by atoms with E-state index in [2.05, 4.69) is 15.5 Å². The summed E-state index contributed by atoms with van der Waals surface area (Å²) < 4.78 is 16.4. The number of carbonyl (C=O) groups excluding carboxylic acids is 1. The van der Waals surface area contributed by atoms with Crippen LogP contribution in [0.1, 0.15) is 36.4 Å². The van der Waals surface area contributed by atoms with Gasteiger partial charge in [-0.05, 0) is 43.7 Å². The van der Waals surface area contributed by atoms with Gasteiger partial charge in [-0.3, -0.25) is 4.79 Å². The summed E-state index contributed by atoms with van der Waals surface area (Å²) in [6, 6.07) is 13.4. The highest BCUT2D eigenvalue weighted by molar-refractivity contribution is 5.76. The van der Waals surface area contributed by atoms with E-state index in [1.165, 1.54) is 0 Å². The summed E-state index contributed by atoms with van der Waals surface area (Å²) in [7, 11) is 0. The molecule has 1 aromatic heterocycles. The fourth-order valence-corrected chi connectivity index (χ4v) is 2.97. The normalized spacial score (nSPS) is 13.4. The highest BCUT2D eigenvalue weighted by atomic mass is 16.7. The second-order valence-electron chi connectivity index (χ2n) is 6.77. The van der Waals surface area contributed by atoms with Gasteiger partial charge in [-0.1, -0.05) is 23.8 Å². The third-order valence-corrected chi connectivity index (χ3v) is 4.61. The van der Waals surface area contributed by atoms with E-state index < -0.39 is 0 Å². The molecule has 1 unspecified atom stereocenters. The Bertz CT molecular complexity index is 982. The van der Waals surface area contributed by atoms with E-state index in [1.54, 1.807) is 0 Å². The second kappa shape index (κ2) is 7.72. The smallest absolute Gasteiger partial charge is 0.247 e. The van der Waals surface area contributed by atoms with E-state index in [9.17, 15) is 4.79 Å². The summed E-state index contributed by atoms with van der Waals surface area (Å²) in [6.45, 7) is 4.18. The minimum atomic E-state index is -0.146. The van der Waals surface area contributed by atoms with Gasteiger partial charge in [0, 0.05) is 18.4 Å². The molecule has 0 fully saturated rings. The Balaban J connectivity index is 1.31. The lowest BCUT2D eigenvalue weighted by atomic mass is 10.1. The molecule has 0 spiro atoms. The largest absolute Gasteiger partial charge is 0.454 e. The Morgan fingerprint density at radius 3 is 2.71 bits per heavy atom. The quantitative estimate of drug-likeness (QED) is 0.704. The number of aromatic nitrogens is 2. The van der Waals surface area contributed by atoms with E-state index in [4.69, 9.17) is 13.9 Å². The Labute approximate surface area is 162 Å². The first-order chi connectivity index (χ1) is 13.6. The van der Waals surface area contributed by atoms with Crippen LogP contribution in [0.15, 0.2) is 46.9 Å². The molecule has 144 valence electrons. The predicted molar refractivity (Wildman–Crippen MR) is 102 cm³/mol. The maximum Gasteiger partial charge on any atom is 0.247 e. The van der Waals surface area contributed by atoms with Gasteiger partial charge in [0.05, 0.1) is 6.04 Å². The Morgan fingerprint density at radius 1 is 1.11 bits per heavy atom. The van der Waals surface area contributed by atoms with Gasteiger partial charge in [-0.25, -0.2) is 0 Å². The number of aryl methyl sites for hydroxylation is 2. The maximum absolute atomic E-state index is 12.3. The molecule has 7 heteroatoms. The molecule has 1 aliphatic rings. The third-order valence-electron chi connectivity index (χ3n) is 4.61. The van der Waals surface area contributed by atoms with Gasteiger partial charge in [-0.2, -0.15) is 0 Å². The van der Waals surface area contributed by atoms with Crippen molar-refractivity contribution in [3.63, 3.8) is 0 Å². The Morgan fingerprint density at radius 2 is 1.89 bits per heavy atom. The molecule has 1 aliphatic heterocycles. The van der Waals surface area contributed by atoms with Gasteiger partial charge in [0.15, 0.2) is 11.5 Å². The number of fused-ring (bicyclic) bond motifs is 1. The summed E-state index contributed by atoms with van der Waals surface area (Å²) in [5.74, 6) is 2.25. The van der Waals surface area contributed by atoms with Gasteiger partial charge in [-0.15, -0.1) is 10.2 Å². The molecule has 2 aromatic carbocycles. The Hall–Kier alpha value is -3.35. The molecule has 7 nitrogen and oxygen atoms in total. The van der Waals surface area contributed by atoms with Crippen molar-refractivity contribution < 1.29 is 18.7 Å². The van der Waals surface area contributed by atoms with E-state index in [1.807, 2.05) is 56.3 Å². The summed E-state index contributed by atoms with van der Waals surface area (Å²) in [4.78, 5) is 12.3. The first-order valence-electron chi connectivity index (χ1n) is 9.17. The van der Waals surface area contributed by atoms with E-state index >= 15 is 0 Å². The fourth-order valence-electron chi connectivity index (χ4n) is 2.97. The SMILES string of the molecule is Cc1ccc(-c2nnc(CCC(=O)NC(C)c3ccc4c(c3)OCO4)o2)cc1. The zero-order valence-corrected chi connectivity index (χ0v) is 15.8. The van der Waals surface area contributed by atoms with Crippen LogP contribution in [-0.2, 0) is 11.2 Å². The fraction of sp³-hybridized carbons (Fsp3) is 0.286. The monoisotopic (exact) mass is 379 g/mol. The first kappa shape index (κ1) is 18.0. The average Bonchev–Trinajstić information content (AvgIpc) is 3.35. The lowest BCUT2D eigenvalue weighted by molar-refractivity contribution is -0.121. The summed E-state index contributed by atoms with van der Waals surface area (Å²) in [5.41, 5.74) is 2.99. The molecule has 2 heterocycles. The molecule has 3 aromatic rings. The van der Waals surface area contributed by atoms with Gasteiger partial charge >= 0.3 is 0 Å². The zero-order chi connectivity index (χ0) is 19.5. The summed E-state index contributed by atoms with van der Waals surface area (Å²) in [5, 5.41) is 11.1. The summed E-state index contributed by atoms with van der Waals surface area (Å²) in [6.07, 6.45) is 0.656. The molecular formula is C21H21N3O4. The van der Waals surface area contributed by atoms with Crippen LogP contribution in [0, 0.1) is 6.92 Å². The molecule has 1 amide bonds. The topological polar surface area (TPSA) is 86.5 Å². The number of hydrogen-bond acceptors (Lipinski definition) is 6. The molecular weight excluding hydrogens is 358 g/mol. The molecule has 1 atom stereocenters. The molecule has 1 N–H and O–H groups in total. The van der Waals surface area contributed by atoms with Crippen molar-refractivity contribution in [2.75, 3.05) is 6.79 Å². The number of nitrogens with one attached hydrogen (secondary N) is 1. The third kappa shape index (κ3) is 3.98. The molecule has 0 saturated carbocycles. The minimum absolute atomic E-state index is 0.0831. The second-order valence-corrected chi connectivity index (χ2v) is 6.77. The van der Waals surface area contributed by atoms with E-state index in [0.29, 0.717) is 24.0 Å². The van der Waals surface area contributed by atoms with Gasteiger partial charge < -0.3 is 19.2 Å². The van der Waals surface area contributed by atoms with Crippen molar-refractivity contribution in [2.45, 2.75) is 32.7 Å². The van der Waals surface area contributed by atoms with Crippen LogP contribution in [0.25, 0.3) is 11.5 Å². The Kier molecular flexibility index (Phi) is 4.97. The van der Waals surface area contributed by atoms with Crippen molar-refractivity contribution in [1.29, 1.82) is 0 Å². The highest BCUT2D eigenvalue weighted by Crippen LogP contribution is 2.34. The van der Waals surface area contributed by atoms with Crippen molar-refractivity contribution >= 4 is 5.91 Å². The molecule has 4 rings (SSSR count). The zero-order valence-electron chi connectivity index (χ0n) is 15.8. The molecule has 28 heavy (non-hydrogen) atoms. The number of nitrogens with zero attached hydrogens (tertiary/aromatic N) is 2. The van der Waals surface area contributed by atoms with Crippen LogP contribution in [0.3, 0.4) is 0 Å². The lowest BCUT2D eigenvalue weighted by Crippen LogP contribution is -2.26. The highest BCUT2D eigenvalue weighted by Gasteiger charge is 2.17. The van der Waals surface area contributed by atoms with Gasteiger partial charge in [0.25, 0.3) is 0 Å². The molecule has 0 bridgehead atoms. The number of ether oxygens (including phenoxy) is 2. The van der Waals surface area contributed by atoms with Crippen LogP contribution < -0.4 is 14.8 Å². The van der Waals surface area contributed by atoms with Gasteiger partial charge in [0.1, 0.15) is 0 Å². The number of hydrogen-bond donors (Lipinski definition) is 1. The standard InChI is InChI=1S/C21H21N3O4/c1-13-3-5-15(6-4-13)21-24-23-20(28-21)10-9-19(25)22-14(2)16-7-8-17-18(11-16)27-12-26-17/h3-8,11,14H,9-10,12H2,1-2H3,(H,22,25). The molecule has 0 saturated heterocycles. The van der Waals surface area contributed by atoms with Crippen LogP contribution in [0.2, 0.25) is 0 Å². The number of benzene rings is 2. The number of carbonyl (C=O) groups is 1. The van der Waals surface area contributed by atoms with Crippen molar-refractivity contribution in [3.05, 3.63) is 59.5 Å². The number of amides is 1. The van der Waals surface area contributed by atoms with Crippen molar-refractivity contribution in [2.24, 2.45) is 0 Å². The molecule has 0 radical (unpaired) electrons. The van der Waals surface area contributed by atoms with Crippen molar-refractivity contribution in [3.8, 4) is 23.0 Å². The minimum Gasteiger partial charge on any atom is -0.454 e. The van der Waals surface area contributed by atoms with Crippen LogP contribution in [0.4, 0.5) is 0 Å². The van der Waals surface area contributed by atoms with E-state index in [-0.39, 0.29) is 25.2 Å². The van der Waals surface area contributed by atoms with E-state index in [0.717, 1.165) is 22.4 Å². The summed E-state index contributed by atoms with van der Waals surface area (Å²) >= 11 is 0. The first-order valence-corrected chi connectivity index (χ1v) is 9.17. The average molecular weight is 379 g/mol. The van der Waals surface area contributed by atoms with Crippen LogP contribution in [0.5, 0.6) is 11.5 Å². The van der Waals surface area contributed by atoms with Gasteiger partial charge in [0.2, 0.25) is 24.5 Å². The lowest BCUT2D eigenvalue weighted by Gasteiger charge is -2.14. The molecule has 0 aliphatic carbocycles. The maximum atomic E-state index is 12.3. The predicted octanol–water partition coefficient (Wildman–Crippen LogP) is 3.58. The van der Waals surface area contributed by atoms with Crippen LogP contribution in [-0.4, -0.2) is 22.9 Å². The van der Waals surface area contributed by atoms with Crippen molar-refractivity contribution in [1.82, 2.24) is 15.5 Å².